The van der Waals surface area contributed by atoms with Crippen LogP contribution in [0.25, 0.3) is 0 Å². The van der Waals surface area contributed by atoms with Crippen LogP contribution in [0, 0.1) is 6.92 Å². The Morgan fingerprint density at radius 2 is 2.00 bits per heavy atom. The average Bonchev–Trinajstić information content (AvgIpc) is 2.94. The topological polar surface area (TPSA) is 92.5 Å². The zero-order valence-corrected chi connectivity index (χ0v) is 15.6. The van der Waals surface area contributed by atoms with E-state index in [1.807, 2.05) is 12.1 Å². The van der Waals surface area contributed by atoms with Crippen molar-refractivity contribution >= 4 is 33.3 Å². The summed E-state index contributed by atoms with van der Waals surface area (Å²) in [6.07, 6.45) is 1.76. The van der Waals surface area contributed by atoms with Crippen LogP contribution < -0.4 is 9.62 Å². The summed E-state index contributed by atoms with van der Waals surface area (Å²) in [4.78, 5) is 12.0. The van der Waals surface area contributed by atoms with Gasteiger partial charge in [-0.1, -0.05) is 28.9 Å². The summed E-state index contributed by atoms with van der Waals surface area (Å²) < 4.78 is 29.7. The number of amides is 1. The van der Waals surface area contributed by atoms with Gasteiger partial charge in [0.25, 0.3) is 0 Å². The zero-order valence-electron chi connectivity index (χ0n) is 14.0. The number of nitrogens with zero attached hydrogens (tertiary/aromatic N) is 2. The van der Waals surface area contributed by atoms with E-state index in [0.717, 1.165) is 16.1 Å². The lowest BCUT2D eigenvalue weighted by Crippen LogP contribution is -2.35. The van der Waals surface area contributed by atoms with Gasteiger partial charge in [0.15, 0.2) is 5.82 Å². The van der Waals surface area contributed by atoms with Gasteiger partial charge in [0, 0.05) is 30.6 Å². The highest BCUT2D eigenvalue weighted by atomic mass is 35.5. The molecule has 0 bridgehead atoms. The number of carbonyl (C=O) groups is 1. The number of carbonyl (C=O) groups excluding carboxylic acids is 1. The number of aryl methyl sites for hydroxylation is 1. The van der Waals surface area contributed by atoms with Crippen LogP contribution in [0.1, 0.15) is 17.7 Å². The van der Waals surface area contributed by atoms with Crippen LogP contribution in [0.5, 0.6) is 0 Å². The second-order valence-electron chi connectivity index (χ2n) is 5.61. The van der Waals surface area contributed by atoms with E-state index in [4.69, 9.17) is 16.1 Å². The second kappa shape index (κ2) is 8.35. The fourth-order valence-corrected chi connectivity index (χ4v) is 3.18. The predicted molar refractivity (Wildman–Crippen MR) is 96.2 cm³/mol. The summed E-state index contributed by atoms with van der Waals surface area (Å²) >= 11 is 5.82. The first kappa shape index (κ1) is 19.3. The molecule has 0 saturated heterocycles. The van der Waals surface area contributed by atoms with E-state index in [2.05, 4.69) is 10.5 Å². The molecule has 0 radical (unpaired) electrons. The molecule has 9 heteroatoms. The Morgan fingerprint density at radius 1 is 1.32 bits per heavy atom. The molecular weight excluding hydrogens is 366 g/mol. The smallest absolute Gasteiger partial charge is 0.233 e. The van der Waals surface area contributed by atoms with Crippen molar-refractivity contribution in [1.29, 1.82) is 0 Å². The fraction of sp³-hybridized carbons (Fsp3) is 0.375. The van der Waals surface area contributed by atoms with Crippen molar-refractivity contribution in [2.45, 2.75) is 19.8 Å². The Hall–Kier alpha value is -2.06. The Morgan fingerprint density at radius 3 is 2.56 bits per heavy atom. The van der Waals surface area contributed by atoms with Crippen molar-refractivity contribution in [2.75, 3.05) is 23.7 Å². The fourth-order valence-electron chi connectivity index (χ4n) is 2.21. The summed E-state index contributed by atoms with van der Waals surface area (Å²) in [6.45, 7) is 2.13. The van der Waals surface area contributed by atoms with Crippen molar-refractivity contribution in [1.82, 2.24) is 10.5 Å². The van der Waals surface area contributed by atoms with Crippen LogP contribution in [-0.2, 0) is 21.2 Å². The molecule has 1 N–H and O–H groups in total. The van der Waals surface area contributed by atoms with Gasteiger partial charge in [-0.25, -0.2) is 8.42 Å². The maximum Gasteiger partial charge on any atom is 0.233 e. The van der Waals surface area contributed by atoms with E-state index >= 15 is 0 Å². The maximum atomic E-state index is 12.0. The number of hydrogen-bond donors (Lipinski definition) is 1. The molecule has 25 heavy (non-hydrogen) atoms. The molecule has 2 rings (SSSR count). The monoisotopic (exact) mass is 385 g/mol. The molecular formula is C16H20ClN3O4S. The summed E-state index contributed by atoms with van der Waals surface area (Å²) in [6, 6.07) is 8.89. The molecule has 0 aliphatic heterocycles. The Kier molecular flexibility index (Phi) is 6.44. The number of hydrogen-bond acceptors (Lipinski definition) is 5. The van der Waals surface area contributed by atoms with Crippen LogP contribution in [0.4, 0.5) is 5.82 Å². The summed E-state index contributed by atoms with van der Waals surface area (Å²) in [7, 11) is -3.55. The van der Waals surface area contributed by atoms with E-state index in [0.29, 0.717) is 23.7 Å². The average molecular weight is 386 g/mol. The number of nitrogens with one attached hydrogen (secondary N) is 1. The molecule has 0 atom stereocenters. The molecule has 1 heterocycles. The van der Waals surface area contributed by atoms with Gasteiger partial charge in [0.1, 0.15) is 5.76 Å². The standard InChI is InChI=1S/C16H20ClN3O4S/c1-12-11-15(19-24-12)20(25(2,22)23)10-8-16(21)18-9-7-13-3-5-14(17)6-4-13/h3-6,11H,7-10H2,1-2H3,(H,18,21). The first-order valence-corrected chi connectivity index (χ1v) is 9.90. The lowest BCUT2D eigenvalue weighted by Gasteiger charge is -2.18. The minimum atomic E-state index is -3.55. The molecule has 2 aromatic rings. The van der Waals surface area contributed by atoms with E-state index in [9.17, 15) is 13.2 Å². The largest absolute Gasteiger partial charge is 0.360 e. The van der Waals surface area contributed by atoms with E-state index < -0.39 is 10.0 Å². The first-order valence-electron chi connectivity index (χ1n) is 7.68. The highest BCUT2D eigenvalue weighted by molar-refractivity contribution is 7.92. The highest BCUT2D eigenvalue weighted by Crippen LogP contribution is 2.17. The van der Waals surface area contributed by atoms with E-state index in [1.165, 1.54) is 6.07 Å². The van der Waals surface area contributed by atoms with Crippen molar-refractivity contribution < 1.29 is 17.7 Å². The SMILES string of the molecule is Cc1cc(N(CCC(=O)NCCc2ccc(Cl)cc2)S(C)(=O)=O)no1. The molecule has 1 aromatic heterocycles. The maximum absolute atomic E-state index is 12.0. The van der Waals surface area contributed by atoms with Gasteiger partial charge in [0.05, 0.1) is 6.26 Å². The molecule has 1 amide bonds. The molecule has 1 aromatic carbocycles. The Balaban J connectivity index is 1.83. The van der Waals surface area contributed by atoms with Gasteiger partial charge in [-0.2, -0.15) is 0 Å². The highest BCUT2D eigenvalue weighted by Gasteiger charge is 2.21. The third-order valence-electron chi connectivity index (χ3n) is 3.46. The quantitative estimate of drug-likeness (QED) is 0.751. The molecule has 0 aliphatic carbocycles. The third kappa shape index (κ3) is 6.06. The predicted octanol–water partition coefficient (Wildman–Crippen LogP) is 2.15. The minimum Gasteiger partial charge on any atom is -0.360 e. The molecule has 136 valence electrons. The number of halogens is 1. The van der Waals surface area contributed by atoms with Crippen LogP contribution in [0.15, 0.2) is 34.9 Å². The Bertz CT molecular complexity index is 818. The van der Waals surface area contributed by atoms with Gasteiger partial charge >= 0.3 is 0 Å². The molecule has 0 fully saturated rings. The van der Waals surface area contributed by atoms with Crippen LogP contribution >= 0.6 is 11.6 Å². The van der Waals surface area contributed by atoms with Gasteiger partial charge in [-0.3, -0.25) is 9.10 Å². The van der Waals surface area contributed by atoms with E-state index in [1.54, 1.807) is 19.1 Å². The van der Waals surface area contributed by atoms with Crippen molar-refractivity contribution in [3.05, 3.63) is 46.7 Å². The molecule has 0 saturated carbocycles. The number of aromatic nitrogens is 1. The van der Waals surface area contributed by atoms with Crippen molar-refractivity contribution in [2.24, 2.45) is 0 Å². The van der Waals surface area contributed by atoms with Gasteiger partial charge in [0.2, 0.25) is 15.9 Å². The van der Waals surface area contributed by atoms with Gasteiger partial charge < -0.3 is 9.84 Å². The minimum absolute atomic E-state index is 0.00240. The number of anilines is 1. The van der Waals surface area contributed by atoms with Gasteiger partial charge in [-0.15, -0.1) is 0 Å². The number of rotatable bonds is 8. The number of benzene rings is 1. The summed E-state index contributed by atoms with van der Waals surface area (Å²) in [5.41, 5.74) is 1.06. The lowest BCUT2D eigenvalue weighted by atomic mass is 10.1. The molecule has 0 spiro atoms. The zero-order chi connectivity index (χ0) is 18.4. The van der Waals surface area contributed by atoms with Crippen molar-refractivity contribution in [3.63, 3.8) is 0 Å². The third-order valence-corrected chi connectivity index (χ3v) is 4.88. The molecule has 0 aliphatic rings. The Labute approximate surface area is 152 Å². The first-order chi connectivity index (χ1) is 11.8. The van der Waals surface area contributed by atoms with Gasteiger partial charge in [-0.05, 0) is 31.0 Å². The molecule has 7 nitrogen and oxygen atoms in total. The van der Waals surface area contributed by atoms with Crippen molar-refractivity contribution in [3.8, 4) is 0 Å². The van der Waals surface area contributed by atoms with Crippen LogP contribution in [0.2, 0.25) is 5.02 Å². The normalized spacial score (nSPS) is 11.3. The van der Waals surface area contributed by atoms with E-state index in [-0.39, 0.29) is 24.7 Å². The lowest BCUT2D eigenvalue weighted by molar-refractivity contribution is -0.120. The van der Waals surface area contributed by atoms with Crippen LogP contribution in [-0.4, -0.2) is 38.8 Å². The second-order valence-corrected chi connectivity index (χ2v) is 7.95. The number of sulfonamides is 1. The van der Waals surface area contributed by atoms with Crippen LogP contribution in [0.3, 0.4) is 0 Å². The summed E-state index contributed by atoms with van der Waals surface area (Å²) in [5.74, 6) is 0.438. The summed E-state index contributed by atoms with van der Waals surface area (Å²) in [5, 5.41) is 7.13. The molecule has 0 unspecified atom stereocenters.